The summed E-state index contributed by atoms with van der Waals surface area (Å²) in [6.45, 7) is 2.13. The van der Waals surface area contributed by atoms with Crippen molar-refractivity contribution in [2.24, 2.45) is 0 Å². The van der Waals surface area contributed by atoms with Crippen molar-refractivity contribution in [3.8, 4) is 5.75 Å². The Hall–Kier alpha value is -1.22. The molecule has 0 bridgehead atoms. The second-order valence-electron chi connectivity index (χ2n) is 4.31. The van der Waals surface area contributed by atoms with Gasteiger partial charge in [0.05, 0.1) is 24.9 Å². The molecule has 0 aliphatic carbocycles. The van der Waals surface area contributed by atoms with Gasteiger partial charge in [0.15, 0.2) is 0 Å². The van der Waals surface area contributed by atoms with Crippen molar-refractivity contribution in [3.05, 3.63) is 23.8 Å². The van der Waals surface area contributed by atoms with Crippen molar-refractivity contribution in [1.82, 2.24) is 0 Å². The molecule has 0 spiro atoms. The minimum atomic E-state index is -0.292. The molecule has 0 radical (unpaired) electrons. The van der Waals surface area contributed by atoms with E-state index < -0.39 is 0 Å². The van der Waals surface area contributed by atoms with E-state index in [1.165, 1.54) is 0 Å². The summed E-state index contributed by atoms with van der Waals surface area (Å²) in [5.41, 5.74) is 2.19. The molecule has 3 heteroatoms. The van der Waals surface area contributed by atoms with Gasteiger partial charge >= 0.3 is 0 Å². The Balaban J connectivity index is 2.28. The van der Waals surface area contributed by atoms with Crippen LogP contribution in [0.25, 0.3) is 0 Å². The van der Waals surface area contributed by atoms with Gasteiger partial charge in [-0.3, -0.25) is 0 Å². The van der Waals surface area contributed by atoms with Gasteiger partial charge in [-0.05, 0) is 18.1 Å². The van der Waals surface area contributed by atoms with Crippen LogP contribution in [0.2, 0.25) is 0 Å². The summed E-state index contributed by atoms with van der Waals surface area (Å²) in [7, 11) is 1.68. The molecular weight excluding hydrogens is 202 g/mol. The van der Waals surface area contributed by atoms with Crippen LogP contribution in [0.3, 0.4) is 0 Å². The number of methoxy groups -OCH3 is 1. The lowest BCUT2D eigenvalue weighted by molar-refractivity contribution is 0.143. The van der Waals surface area contributed by atoms with E-state index in [-0.39, 0.29) is 12.1 Å². The minimum absolute atomic E-state index is 0.147. The number of para-hydroxylation sites is 1. The van der Waals surface area contributed by atoms with E-state index in [2.05, 4.69) is 12.2 Å². The topological polar surface area (TPSA) is 41.5 Å². The van der Waals surface area contributed by atoms with Crippen molar-refractivity contribution >= 4 is 5.69 Å². The lowest BCUT2D eigenvalue weighted by atomic mass is 9.92. The van der Waals surface area contributed by atoms with Crippen LogP contribution in [0.5, 0.6) is 5.75 Å². The third-order valence-corrected chi connectivity index (χ3v) is 3.16. The van der Waals surface area contributed by atoms with Crippen molar-refractivity contribution in [2.75, 3.05) is 12.4 Å². The maximum Gasteiger partial charge on any atom is 0.142 e. The molecule has 0 aromatic heterocycles. The lowest BCUT2D eigenvalue weighted by Gasteiger charge is -2.32. The molecule has 16 heavy (non-hydrogen) atoms. The Morgan fingerprint density at radius 3 is 3.00 bits per heavy atom. The highest BCUT2D eigenvalue weighted by Gasteiger charge is 2.27. The van der Waals surface area contributed by atoms with Gasteiger partial charge in [-0.1, -0.05) is 25.5 Å². The fourth-order valence-electron chi connectivity index (χ4n) is 2.31. The number of nitrogens with one attached hydrogen (secondary N) is 1. The Bertz CT molecular complexity index is 365. The monoisotopic (exact) mass is 221 g/mol. The highest BCUT2D eigenvalue weighted by molar-refractivity contribution is 5.64. The first-order valence-corrected chi connectivity index (χ1v) is 5.86. The van der Waals surface area contributed by atoms with Gasteiger partial charge < -0.3 is 15.2 Å². The smallest absolute Gasteiger partial charge is 0.142 e. The Labute approximate surface area is 96.4 Å². The van der Waals surface area contributed by atoms with Gasteiger partial charge in [0.1, 0.15) is 5.75 Å². The van der Waals surface area contributed by atoms with Gasteiger partial charge in [0.2, 0.25) is 0 Å². The number of fused-ring (bicyclic) bond motifs is 1. The van der Waals surface area contributed by atoms with E-state index in [0.29, 0.717) is 6.42 Å². The average Bonchev–Trinajstić information content (AvgIpc) is 2.29. The molecule has 0 saturated carbocycles. The van der Waals surface area contributed by atoms with Gasteiger partial charge in [0, 0.05) is 6.42 Å². The summed E-state index contributed by atoms with van der Waals surface area (Å²) >= 11 is 0. The third kappa shape index (κ3) is 2.00. The predicted molar refractivity (Wildman–Crippen MR) is 65.0 cm³/mol. The maximum atomic E-state index is 10.0. The van der Waals surface area contributed by atoms with Crippen LogP contribution in [0, 0.1) is 0 Å². The lowest BCUT2D eigenvalue weighted by Crippen LogP contribution is -2.39. The van der Waals surface area contributed by atoms with Crippen LogP contribution in [-0.2, 0) is 6.42 Å². The van der Waals surface area contributed by atoms with E-state index in [9.17, 15) is 5.11 Å². The molecule has 0 fully saturated rings. The predicted octanol–water partition coefficient (Wildman–Crippen LogP) is 2.19. The Morgan fingerprint density at radius 2 is 2.31 bits per heavy atom. The number of hydrogen-bond acceptors (Lipinski definition) is 3. The van der Waals surface area contributed by atoms with Crippen LogP contribution in [0.1, 0.15) is 25.3 Å². The SMILES string of the molecule is CCCC1Nc2c(cccc2OC)CC1O. The number of aliphatic hydroxyl groups is 1. The van der Waals surface area contributed by atoms with Gasteiger partial charge in [-0.25, -0.2) is 0 Å². The molecular formula is C13H19NO2. The summed E-state index contributed by atoms with van der Waals surface area (Å²) in [5.74, 6) is 0.866. The fraction of sp³-hybridized carbons (Fsp3) is 0.538. The van der Waals surface area contributed by atoms with Crippen LogP contribution in [-0.4, -0.2) is 24.4 Å². The molecule has 1 aliphatic heterocycles. The number of benzene rings is 1. The third-order valence-electron chi connectivity index (χ3n) is 3.16. The van der Waals surface area contributed by atoms with Crippen LogP contribution in [0.4, 0.5) is 5.69 Å². The largest absolute Gasteiger partial charge is 0.495 e. The number of hydrogen-bond donors (Lipinski definition) is 2. The van der Waals surface area contributed by atoms with E-state index in [1.54, 1.807) is 7.11 Å². The van der Waals surface area contributed by atoms with Crippen molar-refractivity contribution in [2.45, 2.75) is 38.3 Å². The molecule has 2 atom stereocenters. The van der Waals surface area contributed by atoms with Crippen molar-refractivity contribution < 1.29 is 9.84 Å². The number of anilines is 1. The van der Waals surface area contributed by atoms with Gasteiger partial charge in [-0.2, -0.15) is 0 Å². The van der Waals surface area contributed by atoms with E-state index in [1.807, 2.05) is 18.2 Å². The molecule has 2 unspecified atom stereocenters. The summed E-state index contributed by atoms with van der Waals surface area (Å²) in [4.78, 5) is 0. The minimum Gasteiger partial charge on any atom is -0.495 e. The average molecular weight is 221 g/mol. The number of aliphatic hydroxyl groups excluding tert-OH is 1. The molecule has 2 rings (SSSR count). The summed E-state index contributed by atoms with van der Waals surface area (Å²) in [5, 5.41) is 13.4. The van der Waals surface area contributed by atoms with Crippen LogP contribution < -0.4 is 10.1 Å². The zero-order valence-corrected chi connectivity index (χ0v) is 9.86. The van der Waals surface area contributed by atoms with E-state index in [4.69, 9.17) is 4.74 Å². The molecule has 0 saturated heterocycles. The highest BCUT2D eigenvalue weighted by atomic mass is 16.5. The van der Waals surface area contributed by atoms with Gasteiger partial charge in [-0.15, -0.1) is 0 Å². The van der Waals surface area contributed by atoms with Crippen LogP contribution in [0.15, 0.2) is 18.2 Å². The zero-order valence-electron chi connectivity index (χ0n) is 9.86. The summed E-state index contributed by atoms with van der Waals surface area (Å²) in [6.07, 6.45) is 2.47. The van der Waals surface area contributed by atoms with Crippen molar-refractivity contribution in [1.29, 1.82) is 0 Å². The number of rotatable bonds is 3. The Kier molecular flexibility index (Phi) is 3.34. The number of ether oxygens (including phenoxy) is 1. The molecule has 3 nitrogen and oxygen atoms in total. The standard InChI is InChI=1S/C13H19NO2/c1-3-5-10-11(15)8-9-6-4-7-12(16-2)13(9)14-10/h4,6-7,10-11,14-15H,3,5,8H2,1-2H3. The second kappa shape index (κ2) is 4.74. The molecule has 1 aliphatic rings. The second-order valence-corrected chi connectivity index (χ2v) is 4.31. The maximum absolute atomic E-state index is 10.0. The quantitative estimate of drug-likeness (QED) is 0.822. The first-order chi connectivity index (χ1) is 7.76. The fourth-order valence-corrected chi connectivity index (χ4v) is 2.31. The summed E-state index contributed by atoms with van der Waals surface area (Å²) < 4.78 is 5.33. The van der Waals surface area contributed by atoms with Crippen LogP contribution >= 0.6 is 0 Å². The normalized spacial score (nSPS) is 23.4. The van der Waals surface area contributed by atoms with E-state index in [0.717, 1.165) is 29.8 Å². The first kappa shape index (κ1) is 11.3. The Morgan fingerprint density at radius 1 is 1.50 bits per heavy atom. The van der Waals surface area contributed by atoms with Crippen molar-refractivity contribution in [3.63, 3.8) is 0 Å². The molecule has 1 heterocycles. The molecule has 0 amide bonds. The van der Waals surface area contributed by atoms with E-state index >= 15 is 0 Å². The highest BCUT2D eigenvalue weighted by Crippen LogP contribution is 2.34. The molecule has 1 aromatic carbocycles. The molecule has 1 aromatic rings. The first-order valence-electron chi connectivity index (χ1n) is 5.86. The van der Waals surface area contributed by atoms with Gasteiger partial charge in [0.25, 0.3) is 0 Å². The zero-order chi connectivity index (χ0) is 11.5. The summed E-state index contributed by atoms with van der Waals surface area (Å²) in [6, 6.07) is 6.10. The molecule has 2 N–H and O–H groups in total. The molecule has 88 valence electrons.